The molecule has 30 heavy (non-hydrogen) atoms. The molecule has 0 aliphatic heterocycles. The number of rotatable bonds is 7. The van der Waals surface area contributed by atoms with Crippen molar-refractivity contribution in [3.63, 3.8) is 0 Å². The molecule has 154 valence electrons. The van der Waals surface area contributed by atoms with E-state index in [1.807, 2.05) is 62.4 Å². The molecule has 0 unspecified atom stereocenters. The largest absolute Gasteiger partial charge is 0.482 e. The van der Waals surface area contributed by atoms with Crippen LogP contribution in [-0.4, -0.2) is 18.2 Å². The zero-order valence-corrected chi connectivity index (χ0v) is 19.9. The fourth-order valence-electron chi connectivity index (χ4n) is 3.22. The first kappa shape index (κ1) is 22.2. The Balaban J connectivity index is 1.71. The average Bonchev–Trinajstić information content (AvgIpc) is 2.73. The average molecular weight is 530 g/mol. The number of nitrogens with one attached hydrogen (secondary N) is 1. The van der Waals surface area contributed by atoms with Gasteiger partial charge >= 0.3 is 0 Å². The summed E-state index contributed by atoms with van der Waals surface area (Å²) in [5, 5.41) is 4.37. The Morgan fingerprint density at radius 1 is 1.00 bits per heavy atom. The first-order valence-electron chi connectivity index (χ1n) is 9.47. The fourth-order valence-corrected chi connectivity index (χ4v) is 4.78. The summed E-state index contributed by atoms with van der Waals surface area (Å²) in [5.74, 6) is 0.278. The van der Waals surface area contributed by atoms with Crippen LogP contribution in [0.1, 0.15) is 29.5 Å². The van der Waals surface area contributed by atoms with E-state index in [0.717, 1.165) is 31.3 Å². The minimum atomic E-state index is -0.316. The molecule has 6 heteroatoms. The van der Waals surface area contributed by atoms with Gasteiger partial charge in [0.15, 0.2) is 6.61 Å². The zero-order valence-electron chi connectivity index (χ0n) is 16.7. The minimum Gasteiger partial charge on any atom is -0.482 e. The maximum Gasteiger partial charge on any atom is 0.277 e. The number of amides is 1. The number of halogens is 2. The lowest BCUT2D eigenvalue weighted by Gasteiger charge is -2.18. The quantitative estimate of drug-likeness (QED) is 0.291. The number of nitrogens with zero attached hydrogens (tertiary/aromatic N) is 1. The molecule has 0 fully saturated rings. The molecule has 0 aliphatic rings. The van der Waals surface area contributed by atoms with Crippen molar-refractivity contribution in [1.29, 1.82) is 0 Å². The number of hydrogen-bond acceptors (Lipinski definition) is 3. The van der Waals surface area contributed by atoms with Crippen LogP contribution in [0.3, 0.4) is 0 Å². The van der Waals surface area contributed by atoms with E-state index in [-0.39, 0.29) is 18.4 Å². The molecule has 1 amide bonds. The molecule has 3 aromatic carbocycles. The van der Waals surface area contributed by atoms with E-state index in [9.17, 15) is 4.79 Å². The molecule has 0 saturated carbocycles. The number of carbonyl (C=O) groups is 1. The Hall–Kier alpha value is -2.44. The van der Waals surface area contributed by atoms with Crippen LogP contribution in [0.4, 0.5) is 0 Å². The van der Waals surface area contributed by atoms with Crippen LogP contribution in [0.5, 0.6) is 5.75 Å². The van der Waals surface area contributed by atoms with Crippen LogP contribution in [0, 0.1) is 6.92 Å². The molecule has 0 radical (unpaired) electrons. The summed E-state index contributed by atoms with van der Waals surface area (Å²) in [6.45, 7) is 3.72. The highest BCUT2D eigenvalue weighted by Gasteiger charge is 2.18. The standard InChI is InChI=1S/C24H22Br2N2O2/c1-16-13-20(25)14-21(26)24(16)30-15-22(29)28-27-17(2)23(18-9-5-3-6-10-18)19-11-7-4-8-12-19/h3-14,23H,15H2,1-2H3,(H,28,29)/b27-17+. The van der Waals surface area contributed by atoms with E-state index in [0.29, 0.717) is 5.75 Å². The van der Waals surface area contributed by atoms with Crippen LogP contribution < -0.4 is 10.2 Å². The van der Waals surface area contributed by atoms with E-state index in [2.05, 4.69) is 66.7 Å². The maximum absolute atomic E-state index is 12.3. The second kappa shape index (κ2) is 10.5. The molecular weight excluding hydrogens is 508 g/mol. The number of carbonyl (C=O) groups excluding carboxylic acids is 1. The summed E-state index contributed by atoms with van der Waals surface area (Å²) in [5.41, 5.74) is 6.57. The first-order valence-corrected chi connectivity index (χ1v) is 11.1. The SMILES string of the molecule is C/C(=N\NC(=O)COc1c(C)cc(Br)cc1Br)C(c1ccccc1)c1ccccc1. The number of hydrogen-bond donors (Lipinski definition) is 1. The van der Waals surface area contributed by atoms with Crippen LogP contribution in [0.25, 0.3) is 0 Å². The molecule has 0 aliphatic carbocycles. The van der Waals surface area contributed by atoms with Crippen molar-refractivity contribution in [2.75, 3.05) is 6.61 Å². The van der Waals surface area contributed by atoms with Gasteiger partial charge in [-0.1, -0.05) is 76.6 Å². The van der Waals surface area contributed by atoms with Gasteiger partial charge in [-0.3, -0.25) is 4.79 Å². The fraction of sp³-hybridized carbons (Fsp3) is 0.167. The van der Waals surface area contributed by atoms with Gasteiger partial charge in [-0.25, -0.2) is 5.43 Å². The van der Waals surface area contributed by atoms with Crippen molar-refractivity contribution in [3.05, 3.63) is 98.4 Å². The molecule has 0 spiro atoms. The zero-order chi connectivity index (χ0) is 21.5. The Kier molecular flexibility index (Phi) is 7.82. The molecule has 3 rings (SSSR count). The van der Waals surface area contributed by atoms with E-state index in [1.165, 1.54) is 0 Å². The van der Waals surface area contributed by atoms with E-state index >= 15 is 0 Å². The van der Waals surface area contributed by atoms with E-state index in [4.69, 9.17) is 4.74 Å². The summed E-state index contributed by atoms with van der Waals surface area (Å²) < 4.78 is 7.43. The first-order chi connectivity index (χ1) is 14.5. The monoisotopic (exact) mass is 528 g/mol. The van der Waals surface area contributed by atoms with Crippen molar-refractivity contribution < 1.29 is 9.53 Å². The predicted octanol–water partition coefficient (Wildman–Crippen LogP) is 6.22. The summed E-state index contributed by atoms with van der Waals surface area (Å²) in [6.07, 6.45) is 0. The van der Waals surface area contributed by atoms with Crippen molar-refractivity contribution in [1.82, 2.24) is 5.43 Å². The van der Waals surface area contributed by atoms with Gasteiger partial charge in [-0.15, -0.1) is 0 Å². The van der Waals surface area contributed by atoms with Gasteiger partial charge in [-0.2, -0.15) is 5.10 Å². The molecule has 4 nitrogen and oxygen atoms in total. The van der Waals surface area contributed by atoms with Crippen LogP contribution >= 0.6 is 31.9 Å². The normalized spacial score (nSPS) is 11.4. The molecule has 1 N–H and O–H groups in total. The Morgan fingerprint density at radius 3 is 2.10 bits per heavy atom. The molecule has 0 bridgehead atoms. The highest BCUT2D eigenvalue weighted by Crippen LogP contribution is 2.32. The van der Waals surface area contributed by atoms with Gasteiger partial charge in [0.2, 0.25) is 0 Å². The summed E-state index contributed by atoms with van der Waals surface area (Å²) in [6, 6.07) is 24.1. The number of hydrazone groups is 1. The smallest absolute Gasteiger partial charge is 0.277 e. The second-order valence-electron chi connectivity index (χ2n) is 6.86. The van der Waals surface area contributed by atoms with Crippen LogP contribution in [-0.2, 0) is 4.79 Å². The third kappa shape index (κ3) is 5.80. The Bertz CT molecular complexity index is 975. The van der Waals surface area contributed by atoms with Crippen LogP contribution in [0.15, 0.2) is 86.8 Å². The van der Waals surface area contributed by atoms with Gasteiger partial charge in [-0.05, 0) is 58.6 Å². The van der Waals surface area contributed by atoms with E-state index < -0.39 is 0 Å². The summed E-state index contributed by atoms with van der Waals surface area (Å²) in [7, 11) is 0. The third-order valence-electron chi connectivity index (χ3n) is 4.58. The molecule has 0 heterocycles. The lowest BCUT2D eigenvalue weighted by molar-refractivity contribution is -0.123. The summed E-state index contributed by atoms with van der Waals surface area (Å²) >= 11 is 6.90. The van der Waals surface area contributed by atoms with Gasteiger partial charge in [0.25, 0.3) is 5.91 Å². The van der Waals surface area contributed by atoms with Crippen molar-refractivity contribution in [2.45, 2.75) is 19.8 Å². The molecule has 0 saturated heterocycles. The highest BCUT2D eigenvalue weighted by molar-refractivity contribution is 9.11. The molecule has 0 aromatic heterocycles. The second-order valence-corrected chi connectivity index (χ2v) is 8.63. The van der Waals surface area contributed by atoms with Crippen LogP contribution in [0.2, 0.25) is 0 Å². The number of benzene rings is 3. The molecule has 3 aromatic rings. The van der Waals surface area contributed by atoms with Crippen molar-refractivity contribution >= 4 is 43.5 Å². The molecule has 0 atom stereocenters. The predicted molar refractivity (Wildman–Crippen MR) is 128 cm³/mol. The third-order valence-corrected chi connectivity index (χ3v) is 5.63. The van der Waals surface area contributed by atoms with Crippen molar-refractivity contribution in [2.24, 2.45) is 5.10 Å². The highest BCUT2D eigenvalue weighted by atomic mass is 79.9. The van der Waals surface area contributed by atoms with Crippen molar-refractivity contribution in [3.8, 4) is 5.75 Å². The Morgan fingerprint density at radius 2 is 1.57 bits per heavy atom. The summed E-state index contributed by atoms with van der Waals surface area (Å²) in [4.78, 5) is 12.3. The molecular formula is C24H22Br2N2O2. The number of ether oxygens (including phenoxy) is 1. The minimum absolute atomic E-state index is 0.0449. The van der Waals surface area contributed by atoms with Gasteiger partial charge < -0.3 is 4.74 Å². The maximum atomic E-state index is 12.3. The number of aryl methyl sites for hydroxylation is 1. The lowest BCUT2D eigenvalue weighted by Crippen LogP contribution is -2.27. The van der Waals surface area contributed by atoms with Gasteiger partial charge in [0.1, 0.15) is 5.75 Å². The Labute approximate surface area is 193 Å². The van der Waals surface area contributed by atoms with E-state index in [1.54, 1.807) is 0 Å². The topological polar surface area (TPSA) is 50.7 Å². The van der Waals surface area contributed by atoms with Gasteiger partial charge in [0, 0.05) is 16.1 Å². The lowest BCUT2D eigenvalue weighted by atomic mass is 9.88. The van der Waals surface area contributed by atoms with Gasteiger partial charge in [0.05, 0.1) is 4.47 Å².